The molecular weight excluding hydrogens is 438 g/mol. The summed E-state index contributed by atoms with van der Waals surface area (Å²) in [5.74, 6) is -1.88. The molecule has 3 aromatic rings. The Labute approximate surface area is 195 Å². The van der Waals surface area contributed by atoms with Crippen molar-refractivity contribution < 1.29 is 28.8 Å². The summed E-state index contributed by atoms with van der Waals surface area (Å²) in [6.07, 6.45) is 0.771. The predicted molar refractivity (Wildman–Crippen MR) is 121 cm³/mol. The SMILES string of the molecule is O=C(Nc1cc(C(=O)NC2CCC(C(=O)O)C2)no1)OCC1c2ccccc2-c2ccccc21. The first-order valence-corrected chi connectivity index (χ1v) is 11.1. The number of hydrogen-bond donors (Lipinski definition) is 3. The molecule has 1 heterocycles. The van der Waals surface area contributed by atoms with E-state index in [1.165, 1.54) is 6.07 Å². The minimum absolute atomic E-state index is 0.00674. The second-order valence-corrected chi connectivity index (χ2v) is 8.55. The fourth-order valence-corrected chi connectivity index (χ4v) is 4.77. The van der Waals surface area contributed by atoms with Crippen molar-refractivity contribution in [2.24, 2.45) is 5.92 Å². The van der Waals surface area contributed by atoms with Gasteiger partial charge in [0, 0.05) is 18.0 Å². The number of ether oxygens (including phenoxy) is 1. The normalized spacial score (nSPS) is 18.7. The first-order chi connectivity index (χ1) is 16.5. The number of amides is 2. The number of anilines is 1. The van der Waals surface area contributed by atoms with E-state index in [1.807, 2.05) is 36.4 Å². The van der Waals surface area contributed by atoms with Gasteiger partial charge in [-0.3, -0.25) is 14.9 Å². The molecule has 5 rings (SSSR count). The first-order valence-electron chi connectivity index (χ1n) is 11.1. The zero-order valence-electron chi connectivity index (χ0n) is 18.2. The maximum atomic E-state index is 12.4. The number of carbonyl (C=O) groups is 3. The van der Waals surface area contributed by atoms with Crippen LogP contribution in [0.15, 0.2) is 59.1 Å². The molecule has 0 spiro atoms. The maximum Gasteiger partial charge on any atom is 0.414 e. The number of fused-ring (bicyclic) bond motifs is 3. The minimum atomic E-state index is -0.854. The van der Waals surface area contributed by atoms with Crippen molar-refractivity contribution in [3.63, 3.8) is 0 Å². The lowest BCUT2D eigenvalue weighted by Gasteiger charge is -2.13. The summed E-state index contributed by atoms with van der Waals surface area (Å²) in [6.45, 7) is 0.147. The van der Waals surface area contributed by atoms with Gasteiger partial charge >= 0.3 is 12.1 Å². The molecule has 2 aliphatic rings. The van der Waals surface area contributed by atoms with Crippen LogP contribution in [0.5, 0.6) is 0 Å². The molecule has 0 radical (unpaired) electrons. The monoisotopic (exact) mass is 461 g/mol. The van der Waals surface area contributed by atoms with Gasteiger partial charge in [-0.15, -0.1) is 0 Å². The van der Waals surface area contributed by atoms with Crippen LogP contribution in [0.4, 0.5) is 10.7 Å². The molecule has 1 saturated carbocycles. The number of carbonyl (C=O) groups excluding carboxylic acids is 2. The van der Waals surface area contributed by atoms with E-state index in [-0.39, 0.29) is 30.1 Å². The fourth-order valence-electron chi connectivity index (χ4n) is 4.77. The van der Waals surface area contributed by atoms with Gasteiger partial charge in [0.15, 0.2) is 5.69 Å². The van der Waals surface area contributed by atoms with E-state index in [1.54, 1.807) is 0 Å². The van der Waals surface area contributed by atoms with Crippen molar-refractivity contribution in [2.75, 3.05) is 11.9 Å². The summed E-state index contributed by atoms with van der Waals surface area (Å²) in [5.41, 5.74) is 4.47. The third-order valence-electron chi connectivity index (χ3n) is 6.43. The largest absolute Gasteiger partial charge is 0.481 e. The molecule has 2 aromatic carbocycles. The van der Waals surface area contributed by atoms with E-state index in [0.29, 0.717) is 19.3 Å². The minimum Gasteiger partial charge on any atom is -0.481 e. The number of hydrogen-bond acceptors (Lipinski definition) is 6. The molecule has 174 valence electrons. The molecule has 1 fully saturated rings. The number of benzene rings is 2. The molecule has 0 bridgehead atoms. The zero-order valence-corrected chi connectivity index (χ0v) is 18.2. The third kappa shape index (κ3) is 4.24. The number of rotatable bonds is 6. The lowest BCUT2D eigenvalue weighted by Crippen LogP contribution is -2.33. The van der Waals surface area contributed by atoms with Crippen LogP contribution in [0.2, 0.25) is 0 Å². The summed E-state index contributed by atoms with van der Waals surface area (Å²) in [5, 5.41) is 18.0. The lowest BCUT2D eigenvalue weighted by atomic mass is 9.98. The van der Waals surface area contributed by atoms with Crippen LogP contribution in [0, 0.1) is 5.92 Å². The van der Waals surface area contributed by atoms with Crippen LogP contribution in [-0.4, -0.2) is 40.9 Å². The second-order valence-electron chi connectivity index (χ2n) is 8.55. The summed E-state index contributed by atoms with van der Waals surface area (Å²) < 4.78 is 10.5. The molecule has 2 aliphatic carbocycles. The third-order valence-corrected chi connectivity index (χ3v) is 6.43. The van der Waals surface area contributed by atoms with Crippen molar-refractivity contribution >= 4 is 23.9 Å². The van der Waals surface area contributed by atoms with E-state index in [0.717, 1.165) is 22.3 Å². The van der Waals surface area contributed by atoms with Gasteiger partial charge in [-0.25, -0.2) is 4.79 Å². The van der Waals surface area contributed by atoms with Gasteiger partial charge in [-0.1, -0.05) is 53.7 Å². The molecule has 2 atom stereocenters. The quantitative estimate of drug-likeness (QED) is 0.505. The Bertz CT molecular complexity index is 1210. The number of carboxylic acid groups (broad SMARTS) is 1. The van der Waals surface area contributed by atoms with Gasteiger partial charge in [0.25, 0.3) is 5.91 Å². The molecular formula is C25H23N3O6. The summed E-state index contributed by atoms with van der Waals surface area (Å²) in [6, 6.07) is 17.2. The average Bonchev–Trinajstić information content (AvgIpc) is 3.56. The topological polar surface area (TPSA) is 131 Å². The summed E-state index contributed by atoms with van der Waals surface area (Å²) >= 11 is 0. The standard InChI is InChI=1S/C25H23N3O6/c29-23(26-15-10-9-14(11-15)24(30)31)21-12-22(34-28-21)27-25(32)33-13-20-18-7-3-1-5-16(18)17-6-2-4-8-19(17)20/h1-8,12,14-15,20H,9-11,13H2,(H,26,29)(H,27,32)(H,30,31). The molecule has 2 amide bonds. The Balaban J connectivity index is 1.17. The Morgan fingerprint density at radius 3 is 2.35 bits per heavy atom. The zero-order chi connectivity index (χ0) is 23.7. The number of aromatic nitrogens is 1. The molecule has 9 nitrogen and oxygen atoms in total. The Morgan fingerprint density at radius 2 is 1.71 bits per heavy atom. The van der Waals surface area contributed by atoms with E-state index < -0.39 is 23.9 Å². The highest BCUT2D eigenvalue weighted by Gasteiger charge is 2.32. The van der Waals surface area contributed by atoms with Gasteiger partial charge < -0.3 is 19.7 Å². The van der Waals surface area contributed by atoms with E-state index in [9.17, 15) is 14.4 Å². The highest BCUT2D eigenvalue weighted by atomic mass is 16.6. The van der Waals surface area contributed by atoms with E-state index in [4.69, 9.17) is 14.4 Å². The van der Waals surface area contributed by atoms with Gasteiger partial charge in [0.05, 0.1) is 5.92 Å². The molecule has 9 heteroatoms. The molecule has 34 heavy (non-hydrogen) atoms. The molecule has 0 saturated heterocycles. The van der Waals surface area contributed by atoms with Gasteiger partial charge in [-0.05, 0) is 41.5 Å². The van der Waals surface area contributed by atoms with Gasteiger partial charge in [-0.2, -0.15) is 0 Å². The summed E-state index contributed by atoms with van der Waals surface area (Å²) in [7, 11) is 0. The average molecular weight is 461 g/mol. The van der Waals surface area contributed by atoms with Crippen LogP contribution in [0.25, 0.3) is 11.1 Å². The number of nitrogens with one attached hydrogen (secondary N) is 2. The fraction of sp³-hybridized carbons (Fsp3) is 0.280. The van der Waals surface area contributed by atoms with Crippen molar-refractivity contribution in [3.05, 3.63) is 71.4 Å². The van der Waals surface area contributed by atoms with Crippen LogP contribution in [0.3, 0.4) is 0 Å². The van der Waals surface area contributed by atoms with Gasteiger partial charge in [0.1, 0.15) is 6.61 Å². The highest BCUT2D eigenvalue weighted by molar-refractivity contribution is 5.94. The summed E-state index contributed by atoms with van der Waals surface area (Å²) in [4.78, 5) is 35.8. The van der Waals surface area contributed by atoms with Crippen LogP contribution in [0.1, 0.15) is 46.8 Å². The van der Waals surface area contributed by atoms with Crippen molar-refractivity contribution in [1.82, 2.24) is 10.5 Å². The van der Waals surface area contributed by atoms with Crippen molar-refractivity contribution in [1.29, 1.82) is 0 Å². The highest BCUT2D eigenvalue weighted by Crippen LogP contribution is 2.44. The predicted octanol–water partition coefficient (Wildman–Crippen LogP) is 4.02. The number of aliphatic carboxylic acids is 1. The van der Waals surface area contributed by atoms with Crippen molar-refractivity contribution in [2.45, 2.75) is 31.2 Å². The molecule has 0 aliphatic heterocycles. The smallest absolute Gasteiger partial charge is 0.414 e. The van der Waals surface area contributed by atoms with Gasteiger partial charge in [0.2, 0.25) is 5.88 Å². The second kappa shape index (κ2) is 9.01. The van der Waals surface area contributed by atoms with Crippen LogP contribution in [-0.2, 0) is 9.53 Å². The Morgan fingerprint density at radius 1 is 1.03 bits per heavy atom. The molecule has 1 aromatic heterocycles. The Hall–Kier alpha value is -4.14. The number of nitrogens with zero attached hydrogens (tertiary/aromatic N) is 1. The van der Waals surface area contributed by atoms with Crippen molar-refractivity contribution in [3.8, 4) is 11.1 Å². The van der Waals surface area contributed by atoms with Crippen LogP contribution >= 0.6 is 0 Å². The Kier molecular flexibility index (Phi) is 5.75. The molecule has 2 unspecified atom stereocenters. The van der Waals surface area contributed by atoms with E-state index in [2.05, 4.69) is 27.9 Å². The molecule has 3 N–H and O–H groups in total. The lowest BCUT2D eigenvalue weighted by molar-refractivity contribution is -0.141. The van der Waals surface area contributed by atoms with E-state index >= 15 is 0 Å². The maximum absolute atomic E-state index is 12.4. The number of carboxylic acids is 1. The van der Waals surface area contributed by atoms with Crippen LogP contribution < -0.4 is 10.6 Å². The first kappa shape index (κ1) is 21.7.